The van der Waals surface area contributed by atoms with Crippen molar-refractivity contribution in [3.63, 3.8) is 0 Å². The summed E-state index contributed by atoms with van der Waals surface area (Å²) < 4.78 is 12.2. The van der Waals surface area contributed by atoms with E-state index in [0.29, 0.717) is 22.2 Å². The molecule has 0 unspecified atom stereocenters. The maximum atomic E-state index is 11.4. The summed E-state index contributed by atoms with van der Waals surface area (Å²) in [6, 6.07) is 1.68. The van der Waals surface area contributed by atoms with Crippen LogP contribution in [0.1, 0.15) is 40.2 Å². The molecule has 1 aliphatic heterocycles. The summed E-state index contributed by atoms with van der Waals surface area (Å²) in [5, 5.41) is 0.319. The SMILES string of the molecule is CC(=O)SCC(=Cc1c(N)ccnc1Cl)B1OC(C)(C)C(C)(C)O1. The van der Waals surface area contributed by atoms with Crippen LogP contribution in [-0.2, 0) is 14.1 Å². The highest BCUT2D eigenvalue weighted by Crippen LogP contribution is 2.39. The minimum atomic E-state index is -0.572. The fourth-order valence-electron chi connectivity index (χ4n) is 2.15. The van der Waals surface area contributed by atoms with E-state index in [1.165, 1.54) is 18.7 Å². The average molecular weight is 369 g/mol. The summed E-state index contributed by atoms with van der Waals surface area (Å²) in [5.41, 5.74) is 6.97. The second-order valence-electron chi connectivity index (χ2n) is 6.69. The molecule has 0 bridgehead atoms. The molecule has 0 saturated carbocycles. The van der Waals surface area contributed by atoms with Gasteiger partial charge in [-0.2, -0.15) is 0 Å². The molecule has 1 aromatic rings. The fourth-order valence-corrected chi connectivity index (χ4v) is 2.96. The van der Waals surface area contributed by atoms with Crippen molar-refractivity contribution in [2.24, 2.45) is 0 Å². The Balaban J connectivity index is 2.39. The van der Waals surface area contributed by atoms with Gasteiger partial charge in [0.05, 0.1) is 11.2 Å². The zero-order chi connectivity index (χ0) is 18.1. The highest BCUT2D eigenvalue weighted by atomic mass is 35.5. The van der Waals surface area contributed by atoms with Crippen molar-refractivity contribution in [3.05, 3.63) is 28.5 Å². The first-order valence-corrected chi connectivity index (χ1v) is 8.99. The number of hydrogen-bond donors (Lipinski definition) is 1. The van der Waals surface area contributed by atoms with Gasteiger partial charge in [0.15, 0.2) is 5.12 Å². The summed E-state index contributed by atoms with van der Waals surface area (Å²) in [6.45, 7) is 9.45. The summed E-state index contributed by atoms with van der Waals surface area (Å²) in [7, 11) is -0.572. The van der Waals surface area contributed by atoms with Gasteiger partial charge in [-0.3, -0.25) is 4.79 Å². The van der Waals surface area contributed by atoms with E-state index in [9.17, 15) is 4.79 Å². The monoisotopic (exact) mass is 368 g/mol. The molecule has 8 heteroatoms. The average Bonchev–Trinajstić information content (AvgIpc) is 2.65. The number of anilines is 1. The number of hydrogen-bond acceptors (Lipinski definition) is 6. The predicted molar refractivity (Wildman–Crippen MR) is 101 cm³/mol. The van der Waals surface area contributed by atoms with E-state index in [2.05, 4.69) is 4.98 Å². The number of carbonyl (C=O) groups is 1. The number of thioether (sulfide) groups is 1. The predicted octanol–water partition coefficient (Wildman–Crippen LogP) is 3.61. The van der Waals surface area contributed by atoms with E-state index in [-0.39, 0.29) is 5.12 Å². The van der Waals surface area contributed by atoms with Crippen LogP contribution in [0.5, 0.6) is 0 Å². The molecule has 0 aliphatic carbocycles. The topological polar surface area (TPSA) is 74.4 Å². The van der Waals surface area contributed by atoms with Crippen LogP contribution >= 0.6 is 23.4 Å². The second kappa shape index (κ2) is 7.08. The van der Waals surface area contributed by atoms with E-state index < -0.39 is 18.3 Å². The van der Waals surface area contributed by atoms with Crippen molar-refractivity contribution in [2.45, 2.75) is 45.8 Å². The van der Waals surface area contributed by atoms with Crippen molar-refractivity contribution >= 4 is 47.4 Å². The summed E-state index contributed by atoms with van der Waals surface area (Å²) >= 11 is 7.35. The lowest BCUT2D eigenvalue weighted by Crippen LogP contribution is -2.41. The molecule has 1 saturated heterocycles. The van der Waals surface area contributed by atoms with E-state index in [0.717, 1.165) is 5.47 Å². The molecule has 1 fully saturated rings. The van der Waals surface area contributed by atoms with Gasteiger partial charge in [0.2, 0.25) is 0 Å². The fraction of sp³-hybridized carbons (Fsp3) is 0.500. The summed E-state index contributed by atoms with van der Waals surface area (Å²) in [5.74, 6) is 0.427. The second-order valence-corrected chi connectivity index (χ2v) is 8.20. The van der Waals surface area contributed by atoms with Crippen molar-refractivity contribution < 1.29 is 14.1 Å². The number of nitrogens with zero attached hydrogens (tertiary/aromatic N) is 1. The van der Waals surface area contributed by atoms with Gasteiger partial charge in [-0.05, 0) is 39.2 Å². The molecule has 2 heterocycles. The minimum Gasteiger partial charge on any atom is -0.400 e. The number of pyridine rings is 1. The zero-order valence-electron chi connectivity index (χ0n) is 14.6. The number of nitrogen functional groups attached to an aromatic ring is 1. The number of rotatable bonds is 4. The van der Waals surface area contributed by atoms with Gasteiger partial charge in [-0.1, -0.05) is 29.4 Å². The van der Waals surface area contributed by atoms with Crippen LogP contribution in [0.3, 0.4) is 0 Å². The van der Waals surface area contributed by atoms with Gasteiger partial charge in [0.1, 0.15) is 5.15 Å². The highest BCUT2D eigenvalue weighted by Gasteiger charge is 2.52. The Morgan fingerprint density at radius 2 is 1.96 bits per heavy atom. The maximum absolute atomic E-state index is 11.4. The lowest BCUT2D eigenvalue weighted by atomic mass is 9.78. The Kier molecular flexibility index (Phi) is 5.70. The molecule has 2 N–H and O–H groups in total. The molecule has 130 valence electrons. The Labute approximate surface area is 152 Å². The van der Waals surface area contributed by atoms with Gasteiger partial charge in [0, 0.05) is 30.1 Å². The van der Waals surface area contributed by atoms with E-state index in [1.54, 1.807) is 12.3 Å². The van der Waals surface area contributed by atoms with Crippen molar-refractivity contribution in [3.8, 4) is 0 Å². The van der Waals surface area contributed by atoms with Crippen LogP contribution in [0.15, 0.2) is 17.7 Å². The Morgan fingerprint density at radius 3 is 2.46 bits per heavy atom. The number of nitrogens with two attached hydrogens (primary N) is 1. The van der Waals surface area contributed by atoms with E-state index in [4.69, 9.17) is 26.6 Å². The molecule has 0 radical (unpaired) electrons. The molecule has 5 nitrogen and oxygen atoms in total. The van der Waals surface area contributed by atoms with Crippen LogP contribution in [0.25, 0.3) is 6.08 Å². The van der Waals surface area contributed by atoms with Crippen molar-refractivity contribution in [1.82, 2.24) is 4.98 Å². The standard InChI is InChI=1S/C16H22BClN2O3S/c1-10(21)24-9-11(8-12-13(19)6-7-20-14(12)18)17-22-15(2,3)16(4,5)23-17/h6-8H,9H2,1-5H3,(H2,19,20). The van der Waals surface area contributed by atoms with Gasteiger partial charge in [-0.25, -0.2) is 4.98 Å². The Morgan fingerprint density at radius 1 is 1.38 bits per heavy atom. The normalized spacial score (nSPS) is 19.6. The van der Waals surface area contributed by atoms with Crippen LogP contribution in [-0.4, -0.2) is 34.2 Å². The molecule has 0 atom stereocenters. The van der Waals surface area contributed by atoms with E-state index >= 15 is 0 Å². The molecule has 1 aromatic heterocycles. The largest absolute Gasteiger partial charge is 0.491 e. The quantitative estimate of drug-likeness (QED) is 0.646. The maximum Gasteiger partial charge on any atom is 0.491 e. The number of halogens is 1. The summed E-state index contributed by atoms with van der Waals surface area (Å²) in [4.78, 5) is 15.5. The molecule has 2 rings (SSSR count). The first kappa shape index (κ1) is 19.3. The molecule has 1 aliphatic rings. The van der Waals surface area contributed by atoms with Crippen molar-refractivity contribution in [2.75, 3.05) is 11.5 Å². The smallest absolute Gasteiger partial charge is 0.400 e. The first-order chi connectivity index (χ1) is 11.0. The molecule has 0 amide bonds. The molecular weight excluding hydrogens is 347 g/mol. The van der Waals surface area contributed by atoms with Crippen LogP contribution < -0.4 is 5.73 Å². The van der Waals surface area contributed by atoms with Gasteiger partial charge in [0.25, 0.3) is 0 Å². The van der Waals surface area contributed by atoms with Crippen LogP contribution in [0.4, 0.5) is 5.69 Å². The molecule has 0 aromatic carbocycles. The zero-order valence-corrected chi connectivity index (χ0v) is 16.1. The molecule has 24 heavy (non-hydrogen) atoms. The van der Waals surface area contributed by atoms with E-state index in [1.807, 2.05) is 33.8 Å². The highest BCUT2D eigenvalue weighted by molar-refractivity contribution is 8.13. The molecule has 0 spiro atoms. The third-order valence-electron chi connectivity index (χ3n) is 4.30. The first-order valence-electron chi connectivity index (χ1n) is 7.63. The lowest BCUT2D eigenvalue weighted by molar-refractivity contribution is -0.109. The van der Waals surface area contributed by atoms with Crippen LogP contribution in [0.2, 0.25) is 5.15 Å². The molecular formula is C16H22BClN2O3S. The third kappa shape index (κ3) is 4.14. The number of carbonyl (C=O) groups excluding carboxylic acids is 1. The van der Waals surface area contributed by atoms with Crippen LogP contribution in [0, 0.1) is 0 Å². The Hall–Kier alpha value is -1.02. The summed E-state index contributed by atoms with van der Waals surface area (Å²) in [6.07, 6.45) is 3.36. The minimum absolute atomic E-state index is 0.0164. The van der Waals surface area contributed by atoms with Gasteiger partial charge >= 0.3 is 7.12 Å². The number of aromatic nitrogens is 1. The third-order valence-corrected chi connectivity index (χ3v) is 5.49. The van der Waals surface area contributed by atoms with Gasteiger partial charge in [-0.15, -0.1) is 0 Å². The van der Waals surface area contributed by atoms with Gasteiger partial charge < -0.3 is 15.0 Å². The van der Waals surface area contributed by atoms with Crippen molar-refractivity contribution in [1.29, 1.82) is 0 Å². The Bertz CT molecular complexity index is 643. The lowest BCUT2D eigenvalue weighted by Gasteiger charge is -2.32.